The maximum atomic E-state index is 10.2. The molecule has 0 bridgehead atoms. The van der Waals surface area contributed by atoms with Crippen LogP contribution in [0.1, 0.15) is 32.6 Å². The van der Waals surface area contributed by atoms with Crippen molar-refractivity contribution in [3.8, 4) is 0 Å². The molecule has 0 aromatic carbocycles. The summed E-state index contributed by atoms with van der Waals surface area (Å²) in [4.78, 5) is 0. The van der Waals surface area contributed by atoms with Gasteiger partial charge in [0.25, 0.3) is 0 Å². The first-order valence-electron chi connectivity index (χ1n) is 3.73. The maximum absolute atomic E-state index is 10.2. The van der Waals surface area contributed by atoms with Gasteiger partial charge in [-0.3, -0.25) is 4.18 Å². The van der Waals surface area contributed by atoms with E-state index in [1.807, 2.05) is 0 Å². The fourth-order valence-electron chi connectivity index (χ4n) is 0.704. The van der Waals surface area contributed by atoms with Gasteiger partial charge in [0.2, 0.25) is 0 Å². The summed E-state index contributed by atoms with van der Waals surface area (Å²) in [6.45, 7) is 2.29. The Hall–Kier alpha value is 0.870. The van der Waals surface area contributed by atoms with E-state index >= 15 is 0 Å². The molecule has 0 aliphatic heterocycles. The number of nitrogens with two attached hydrogens (primary N) is 1. The number of hydrogen-bond acceptors (Lipinski definition) is 3. The van der Waals surface area contributed by atoms with E-state index in [0.29, 0.717) is 0 Å². The van der Waals surface area contributed by atoms with Crippen LogP contribution in [-0.4, -0.2) is 44.6 Å². The molecular formula is C6H16NNaO3S. The molecule has 0 fully saturated rings. The van der Waals surface area contributed by atoms with Gasteiger partial charge in [-0.25, -0.2) is 5.14 Å². The van der Waals surface area contributed by atoms with Gasteiger partial charge in [-0.1, -0.05) is 26.2 Å². The van der Waals surface area contributed by atoms with Crippen molar-refractivity contribution < 1.29 is 12.6 Å². The molecule has 0 aliphatic carbocycles. The summed E-state index contributed by atoms with van der Waals surface area (Å²) >= 11 is 0. The van der Waals surface area contributed by atoms with Crippen molar-refractivity contribution >= 4 is 39.9 Å². The Morgan fingerprint density at radius 2 is 1.83 bits per heavy atom. The molecule has 0 amide bonds. The fraction of sp³-hybridized carbons (Fsp3) is 1.00. The van der Waals surface area contributed by atoms with Gasteiger partial charge < -0.3 is 0 Å². The SMILES string of the molecule is CCCCCCOS(N)(=O)=O.[NaH]. The van der Waals surface area contributed by atoms with E-state index in [1.54, 1.807) is 0 Å². The normalized spacial score (nSPS) is 10.8. The molecule has 2 N–H and O–H groups in total. The molecule has 0 radical (unpaired) electrons. The molecule has 70 valence electrons. The molecular weight excluding hydrogens is 189 g/mol. The summed E-state index contributed by atoms with van der Waals surface area (Å²) < 4.78 is 24.8. The second-order valence-corrected chi connectivity index (χ2v) is 3.60. The van der Waals surface area contributed by atoms with Crippen LogP contribution in [0.2, 0.25) is 0 Å². The van der Waals surface area contributed by atoms with Crippen LogP contribution in [0.4, 0.5) is 0 Å². The molecule has 0 heterocycles. The summed E-state index contributed by atoms with van der Waals surface area (Å²) in [5.41, 5.74) is 0. The second kappa shape index (κ2) is 8.47. The van der Waals surface area contributed by atoms with Gasteiger partial charge in [0.1, 0.15) is 0 Å². The predicted molar refractivity (Wildman–Crippen MR) is 50.4 cm³/mol. The molecule has 0 saturated heterocycles. The number of rotatable bonds is 6. The number of unbranched alkanes of at least 4 members (excludes halogenated alkanes) is 3. The molecule has 4 nitrogen and oxygen atoms in total. The van der Waals surface area contributed by atoms with Crippen LogP contribution >= 0.6 is 0 Å². The van der Waals surface area contributed by atoms with E-state index in [4.69, 9.17) is 0 Å². The third-order valence-electron chi connectivity index (χ3n) is 1.25. The zero-order valence-corrected chi connectivity index (χ0v) is 7.56. The Bertz CT molecular complexity index is 181. The van der Waals surface area contributed by atoms with Crippen molar-refractivity contribution in [3.05, 3.63) is 0 Å². The van der Waals surface area contributed by atoms with Gasteiger partial charge in [-0.2, -0.15) is 8.42 Å². The average Bonchev–Trinajstić information content (AvgIpc) is 1.85. The van der Waals surface area contributed by atoms with Gasteiger partial charge in [0.05, 0.1) is 6.61 Å². The zero-order chi connectivity index (χ0) is 8.74. The molecule has 12 heavy (non-hydrogen) atoms. The second-order valence-electron chi connectivity index (χ2n) is 2.38. The third-order valence-corrected chi connectivity index (χ3v) is 1.74. The van der Waals surface area contributed by atoms with Crippen molar-refractivity contribution in [2.24, 2.45) is 5.14 Å². The van der Waals surface area contributed by atoms with E-state index < -0.39 is 10.3 Å². The Morgan fingerprint density at radius 3 is 2.25 bits per heavy atom. The van der Waals surface area contributed by atoms with E-state index in [2.05, 4.69) is 16.2 Å². The van der Waals surface area contributed by atoms with Crippen molar-refractivity contribution in [1.29, 1.82) is 0 Å². The van der Waals surface area contributed by atoms with Crippen molar-refractivity contribution in [3.63, 3.8) is 0 Å². The van der Waals surface area contributed by atoms with Crippen LogP contribution in [0, 0.1) is 0 Å². The van der Waals surface area contributed by atoms with E-state index in [-0.39, 0.29) is 36.2 Å². The van der Waals surface area contributed by atoms with Gasteiger partial charge >= 0.3 is 39.9 Å². The molecule has 6 heteroatoms. The Kier molecular flexibility index (Phi) is 10.8. The molecule has 0 atom stereocenters. The summed E-state index contributed by atoms with van der Waals surface area (Å²) in [7, 11) is -3.71. The van der Waals surface area contributed by atoms with Crippen LogP contribution in [0.5, 0.6) is 0 Å². The minimum absolute atomic E-state index is 0. The molecule has 0 aromatic rings. The van der Waals surface area contributed by atoms with Crippen LogP contribution in [-0.2, 0) is 14.5 Å². The van der Waals surface area contributed by atoms with Crippen LogP contribution in [0.15, 0.2) is 0 Å². The Labute approximate surface area is 96.4 Å². The van der Waals surface area contributed by atoms with Gasteiger partial charge in [0.15, 0.2) is 0 Å². The summed E-state index contributed by atoms with van der Waals surface area (Å²) in [5, 5.41) is 4.60. The first-order chi connectivity index (χ1) is 5.06. The average molecular weight is 205 g/mol. The summed E-state index contributed by atoms with van der Waals surface area (Å²) in [5.74, 6) is 0. The van der Waals surface area contributed by atoms with Crippen molar-refractivity contribution in [2.45, 2.75) is 32.6 Å². The quantitative estimate of drug-likeness (QED) is 0.495. The Balaban J connectivity index is 0. The van der Waals surface area contributed by atoms with Crippen LogP contribution in [0.3, 0.4) is 0 Å². The molecule has 0 spiro atoms. The summed E-state index contributed by atoms with van der Waals surface area (Å²) in [6.07, 6.45) is 3.97. The third kappa shape index (κ3) is 13.5. The van der Waals surface area contributed by atoms with Crippen molar-refractivity contribution in [1.82, 2.24) is 0 Å². The van der Waals surface area contributed by atoms with E-state index in [0.717, 1.165) is 25.7 Å². The topological polar surface area (TPSA) is 69.4 Å². The first kappa shape index (κ1) is 15.3. The van der Waals surface area contributed by atoms with Gasteiger partial charge in [-0.05, 0) is 6.42 Å². The molecule has 0 unspecified atom stereocenters. The first-order valence-corrected chi connectivity index (χ1v) is 5.20. The van der Waals surface area contributed by atoms with Crippen molar-refractivity contribution in [2.75, 3.05) is 6.61 Å². The Morgan fingerprint density at radius 1 is 1.25 bits per heavy atom. The minimum atomic E-state index is -3.71. The number of hydrogen-bond donors (Lipinski definition) is 1. The van der Waals surface area contributed by atoms with Crippen LogP contribution in [0.25, 0.3) is 0 Å². The molecule has 0 saturated carbocycles. The van der Waals surface area contributed by atoms with Gasteiger partial charge in [0, 0.05) is 0 Å². The molecule has 0 aliphatic rings. The van der Waals surface area contributed by atoms with Gasteiger partial charge in [-0.15, -0.1) is 0 Å². The summed E-state index contributed by atoms with van der Waals surface area (Å²) in [6, 6.07) is 0. The zero-order valence-electron chi connectivity index (χ0n) is 6.75. The fourth-order valence-corrected chi connectivity index (χ4v) is 1.05. The van der Waals surface area contributed by atoms with Crippen LogP contribution < -0.4 is 5.14 Å². The molecule has 0 rings (SSSR count). The standard InChI is InChI=1S/C6H15NO3S.Na.H/c1-2-3-4-5-6-10-11(7,8)9;;/h2-6H2,1H3,(H2,7,8,9);;. The predicted octanol–water partition coefficient (Wildman–Crippen LogP) is 0.138. The van der Waals surface area contributed by atoms with E-state index in [9.17, 15) is 8.42 Å². The molecule has 0 aromatic heterocycles. The monoisotopic (exact) mass is 205 g/mol. The van der Waals surface area contributed by atoms with E-state index in [1.165, 1.54) is 0 Å².